The Balaban J connectivity index is 4.39. The molecule has 0 amide bonds. The highest BCUT2D eigenvalue weighted by atomic mass is 28.4. The van der Waals surface area contributed by atoms with E-state index in [1.54, 1.807) is 0 Å². The first-order chi connectivity index (χ1) is 6.02. The molecule has 0 aromatic carbocycles. The van der Waals surface area contributed by atoms with Crippen molar-refractivity contribution in [3.8, 4) is 0 Å². The maximum Gasteiger partial charge on any atom is 0.243 e. The van der Waals surface area contributed by atoms with Crippen LogP contribution in [0.4, 0.5) is 0 Å². The average molecular weight is 232 g/mol. The molecule has 0 radical (unpaired) electrons. The van der Waals surface area contributed by atoms with E-state index in [4.69, 9.17) is 4.43 Å². The zero-order valence-electron chi connectivity index (χ0n) is 10.8. The number of hydrazone groups is 1. The molecule has 0 bridgehead atoms. The number of hydrogen-bond donors (Lipinski definition) is 0. The molecule has 84 valence electrons. The van der Waals surface area contributed by atoms with Crippen LogP contribution in [-0.2, 0) is 4.43 Å². The van der Waals surface area contributed by atoms with Gasteiger partial charge in [-0.3, -0.25) is 0 Å². The maximum atomic E-state index is 5.77. The van der Waals surface area contributed by atoms with Crippen LogP contribution in [-0.4, -0.2) is 34.2 Å². The standard InChI is InChI=1S/C9H24N2OSi2/c1-9(12-14(6,7)8)10-11(2)13(3,4)5/h1-8H3. The summed E-state index contributed by atoms with van der Waals surface area (Å²) in [5.41, 5.74) is 0. The normalized spacial score (nSPS) is 14.1. The fourth-order valence-corrected chi connectivity index (χ4v) is 2.19. The first-order valence-corrected chi connectivity index (χ1v) is 11.9. The lowest BCUT2D eigenvalue weighted by Crippen LogP contribution is -2.40. The minimum atomic E-state index is -1.49. The van der Waals surface area contributed by atoms with E-state index in [-0.39, 0.29) is 0 Å². The highest BCUT2D eigenvalue weighted by molar-refractivity contribution is 6.73. The van der Waals surface area contributed by atoms with E-state index in [0.29, 0.717) is 0 Å². The summed E-state index contributed by atoms with van der Waals surface area (Å²) in [5, 5.41) is 4.46. The van der Waals surface area contributed by atoms with Gasteiger partial charge in [0.1, 0.15) is 0 Å². The number of nitrogens with zero attached hydrogens (tertiary/aromatic N) is 2. The van der Waals surface area contributed by atoms with Crippen molar-refractivity contribution < 1.29 is 4.43 Å². The molecule has 0 atom stereocenters. The largest absolute Gasteiger partial charge is 0.534 e. The number of hydrogen-bond acceptors (Lipinski definition) is 3. The predicted octanol–water partition coefficient (Wildman–Crippen LogP) is 2.94. The molecule has 0 fully saturated rings. The monoisotopic (exact) mass is 232 g/mol. The van der Waals surface area contributed by atoms with E-state index in [1.165, 1.54) is 0 Å². The van der Waals surface area contributed by atoms with Crippen molar-refractivity contribution in [3.63, 3.8) is 0 Å². The van der Waals surface area contributed by atoms with Crippen molar-refractivity contribution in [2.45, 2.75) is 46.2 Å². The molecular formula is C9H24N2OSi2. The highest BCUT2D eigenvalue weighted by Gasteiger charge is 2.21. The molecule has 0 rings (SSSR count). The van der Waals surface area contributed by atoms with Crippen LogP contribution in [0.25, 0.3) is 0 Å². The summed E-state index contributed by atoms with van der Waals surface area (Å²) < 4.78 is 7.84. The van der Waals surface area contributed by atoms with Gasteiger partial charge in [-0.15, -0.1) is 0 Å². The Morgan fingerprint density at radius 1 is 1.07 bits per heavy atom. The zero-order valence-corrected chi connectivity index (χ0v) is 12.8. The summed E-state index contributed by atoms with van der Waals surface area (Å²) in [6.45, 7) is 15.2. The fourth-order valence-electron chi connectivity index (χ4n) is 0.825. The topological polar surface area (TPSA) is 24.8 Å². The Morgan fingerprint density at radius 2 is 1.50 bits per heavy atom. The van der Waals surface area contributed by atoms with E-state index in [1.807, 2.05) is 14.0 Å². The molecule has 0 heterocycles. The Kier molecular flexibility index (Phi) is 4.39. The molecule has 0 saturated carbocycles. The first kappa shape index (κ1) is 13.7. The number of rotatable bonds is 3. The Bertz CT molecular complexity index is 216. The summed E-state index contributed by atoms with van der Waals surface area (Å²) in [6.07, 6.45) is 0. The molecule has 0 spiro atoms. The summed E-state index contributed by atoms with van der Waals surface area (Å²) in [4.78, 5) is 0. The minimum absolute atomic E-state index is 0.800. The molecule has 0 aromatic rings. The van der Waals surface area contributed by atoms with Crippen LogP contribution in [0.1, 0.15) is 6.92 Å². The SMILES string of the molecule is CC(=NN(C)[Si](C)(C)C)O[Si](C)(C)C. The lowest BCUT2D eigenvalue weighted by molar-refractivity contribution is 0.483. The van der Waals surface area contributed by atoms with Crippen molar-refractivity contribution in [3.05, 3.63) is 0 Å². The lowest BCUT2D eigenvalue weighted by Gasteiger charge is -2.28. The minimum Gasteiger partial charge on any atom is -0.534 e. The summed E-state index contributed by atoms with van der Waals surface area (Å²) in [7, 11) is -0.775. The van der Waals surface area contributed by atoms with Gasteiger partial charge in [0.2, 0.25) is 8.32 Å². The van der Waals surface area contributed by atoms with Crippen molar-refractivity contribution in [2.24, 2.45) is 5.10 Å². The molecule has 3 nitrogen and oxygen atoms in total. The van der Waals surface area contributed by atoms with Gasteiger partial charge < -0.3 is 9.10 Å². The molecule has 5 heteroatoms. The molecule has 0 aliphatic rings. The predicted molar refractivity (Wildman–Crippen MR) is 68.6 cm³/mol. The molecule has 0 N–H and O–H groups in total. The zero-order chi connectivity index (χ0) is 11.6. The third-order valence-corrected chi connectivity index (χ3v) is 4.66. The summed E-state index contributed by atoms with van der Waals surface area (Å²) in [6, 6.07) is 0. The maximum absolute atomic E-state index is 5.77. The van der Waals surface area contributed by atoms with Gasteiger partial charge in [-0.25, -0.2) is 0 Å². The summed E-state index contributed by atoms with van der Waals surface area (Å²) in [5.74, 6) is 0.800. The van der Waals surface area contributed by atoms with Crippen molar-refractivity contribution in [1.82, 2.24) is 4.67 Å². The molecule has 0 unspecified atom stereocenters. The van der Waals surface area contributed by atoms with Gasteiger partial charge in [0, 0.05) is 14.0 Å². The van der Waals surface area contributed by atoms with Gasteiger partial charge in [0.25, 0.3) is 0 Å². The lowest BCUT2D eigenvalue weighted by atomic mass is 10.8. The second kappa shape index (κ2) is 4.48. The van der Waals surface area contributed by atoms with Gasteiger partial charge in [0.15, 0.2) is 14.1 Å². The quantitative estimate of drug-likeness (QED) is 0.323. The highest BCUT2D eigenvalue weighted by Crippen LogP contribution is 2.09. The Morgan fingerprint density at radius 3 is 1.79 bits per heavy atom. The molecule has 14 heavy (non-hydrogen) atoms. The van der Waals surface area contributed by atoms with Gasteiger partial charge in [-0.1, -0.05) is 19.6 Å². The average Bonchev–Trinajstić information content (AvgIpc) is 1.79. The van der Waals surface area contributed by atoms with E-state index >= 15 is 0 Å². The van der Waals surface area contributed by atoms with Gasteiger partial charge in [-0.2, -0.15) is 5.10 Å². The second-order valence-corrected chi connectivity index (χ2v) is 14.9. The molecule has 0 aliphatic carbocycles. The van der Waals surface area contributed by atoms with E-state index in [9.17, 15) is 0 Å². The van der Waals surface area contributed by atoms with Gasteiger partial charge in [0.05, 0.1) is 0 Å². The second-order valence-electron chi connectivity index (χ2n) is 5.53. The van der Waals surface area contributed by atoms with Crippen LogP contribution in [0.2, 0.25) is 39.3 Å². The van der Waals surface area contributed by atoms with Crippen molar-refractivity contribution in [2.75, 3.05) is 7.05 Å². The first-order valence-electron chi connectivity index (χ1n) is 5.00. The van der Waals surface area contributed by atoms with E-state index in [0.717, 1.165) is 5.90 Å². The van der Waals surface area contributed by atoms with E-state index in [2.05, 4.69) is 49.1 Å². The molecule has 0 saturated heterocycles. The van der Waals surface area contributed by atoms with Gasteiger partial charge in [-0.05, 0) is 19.6 Å². The third kappa shape index (κ3) is 6.20. The van der Waals surface area contributed by atoms with Crippen LogP contribution in [0, 0.1) is 0 Å². The molecule has 0 aromatic heterocycles. The van der Waals surface area contributed by atoms with Crippen LogP contribution in [0.5, 0.6) is 0 Å². The summed E-state index contributed by atoms with van der Waals surface area (Å²) >= 11 is 0. The van der Waals surface area contributed by atoms with Crippen molar-refractivity contribution >= 4 is 22.5 Å². The smallest absolute Gasteiger partial charge is 0.243 e. The van der Waals surface area contributed by atoms with E-state index < -0.39 is 16.6 Å². The van der Waals surface area contributed by atoms with Crippen LogP contribution >= 0.6 is 0 Å². The fraction of sp³-hybridized carbons (Fsp3) is 0.889. The van der Waals surface area contributed by atoms with Crippen LogP contribution in [0.3, 0.4) is 0 Å². The molecular weight excluding hydrogens is 208 g/mol. The van der Waals surface area contributed by atoms with Crippen LogP contribution < -0.4 is 0 Å². The molecule has 0 aliphatic heterocycles. The van der Waals surface area contributed by atoms with Crippen molar-refractivity contribution in [1.29, 1.82) is 0 Å². The van der Waals surface area contributed by atoms with Crippen LogP contribution in [0.15, 0.2) is 5.10 Å². The van der Waals surface area contributed by atoms with Gasteiger partial charge >= 0.3 is 0 Å². The Hall–Kier alpha value is -0.296. The Labute approximate surface area is 90.4 Å². The third-order valence-electron chi connectivity index (χ3n) is 1.72.